The molecule has 3 amide bonds. The van der Waals surface area contributed by atoms with E-state index in [4.69, 9.17) is 10.8 Å². The van der Waals surface area contributed by atoms with E-state index < -0.39 is 11.8 Å². The van der Waals surface area contributed by atoms with Crippen molar-refractivity contribution >= 4 is 35.2 Å². The number of hydrogen-bond donors (Lipinski definition) is 4. The highest BCUT2D eigenvalue weighted by atomic mass is 19.1. The van der Waals surface area contributed by atoms with Gasteiger partial charge in [-0.15, -0.1) is 0 Å². The van der Waals surface area contributed by atoms with Gasteiger partial charge in [0.05, 0.1) is 5.92 Å². The Kier molecular flexibility index (Phi) is 12.6. The highest BCUT2D eigenvalue weighted by Gasteiger charge is 2.27. The number of nitrogens with two attached hydrogens (primary N) is 1. The number of aryl methyl sites for hydroxylation is 1. The number of rotatable bonds is 10. The minimum absolute atomic E-state index is 0.0821. The zero-order chi connectivity index (χ0) is 32.9. The fourth-order valence-electron chi connectivity index (χ4n) is 5.29. The van der Waals surface area contributed by atoms with Gasteiger partial charge in [0.1, 0.15) is 6.33 Å². The van der Waals surface area contributed by atoms with Crippen molar-refractivity contribution in [1.29, 1.82) is 0 Å². The van der Waals surface area contributed by atoms with Crippen molar-refractivity contribution in [2.24, 2.45) is 11.7 Å². The molecule has 2 aliphatic heterocycles. The summed E-state index contributed by atoms with van der Waals surface area (Å²) < 4.78 is 14.8. The van der Waals surface area contributed by atoms with Crippen LogP contribution in [0.5, 0.6) is 0 Å². The Morgan fingerprint density at radius 2 is 1.65 bits per heavy atom. The number of amides is 3. The number of anilines is 3. The second kappa shape index (κ2) is 17.1. The number of carbonyl (C=O) groups excluding carboxylic acids is 2. The second-order valence-electron chi connectivity index (χ2n) is 11.5. The van der Waals surface area contributed by atoms with Crippen molar-refractivity contribution in [2.75, 3.05) is 68.4 Å². The number of piperazine rings is 1. The largest absolute Gasteiger partial charge is 0.481 e. The second-order valence-corrected chi connectivity index (χ2v) is 11.5. The summed E-state index contributed by atoms with van der Waals surface area (Å²) in [5.41, 5.74) is 8.25. The summed E-state index contributed by atoms with van der Waals surface area (Å²) in [6, 6.07) is 17.2. The minimum Gasteiger partial charge on any atom is -0.481 e. The molecule has 246 valence electrons. The Morgan fingerprint density at radius 3 is 2.33 bits per heavy atom. The summed E-state index contributed by atoms with van der Waals surface area (Å²) >= 11 is 0. The predicted molar refractivity (Wildman–Crippen MR) is 175 cm³/mol. The van der Waals surface area contributed by atoms with Gasteiger partial charge in [-0.1, -0.05) is 42.5 Å². The molecule has 3 heterocycles. The molecule has 0 radical (unpaired) electrons. The number of urea groups is 1. The zero-order valence-corrected chi connectivity index (χ0v) is 26.2. The number of benzene rings is 2. The number of carboxylic acids is 1. The first kappa shape index (κ1) is 34.1. The molecule has 12 nitrogen and oxygen atoms in total. The molecule has 2 saturated heterocycles. The first-order valence-electron chi connectivity index (χ1n) is 15.6. The number of likely N-dealkylation sites (N-methyl/N-ethyl adjacent to an activating group) is 1. The normalized spacial score (nSPS) is 16.6. The molecule has 1 atom stereocenters. The molecule has 2 aromatic carbocycles. The Bertz CT molecular complexity index is 1440. The van der Waals surface area contributed by atoms with E-state index >= 15 is 0 Å². The maximum Gasteiger partial charge on any atom is 0.321 e. The number of halogens is 1. The van der Waals surface area contributed by atoms with Gasteiger partial charge in [0.25, 0.3) is 0 Å². The molecular weight excluding hydrogens is 591 g/mol. The third kappa shape index (κ3) is 10.4. The van der Waals surface area contributed by atoms with Crippen LogP contribution in [-0.2, 0) is 22.4 Å². The average Bonchev–Trinajstić information content (AvgIpc) is 3.06. The molecule has 0 saturated carbocycles. The van der Waals surface area contributed by atoms with Crippen LogP contribution < -0.4 is 21.3 Å². The van der Waals surface area contributed by atoms with E-state index in [2.05, 4.69) is 25.5 Å². The molecule has 0 bridgehead atoms. The minimum atomic E-state index is -0.803. The molecule has 1 unspecified atom stereocenters. The Labute approximate surface area is 268 Å². The van der Waals surface area contributed by atoms with Crippen molar-refractivity contribution in [3.8, 4) is 0 Å². The number of carbonyl (C=O) groups is 3. The number of aromatic nitrogens is 2. The molecule has 0 spiro atoms. The van der Waals surface area contributed by atoms with Crippen molar-refractivity contribution in [3.63, 3.8) is 0 Å². The highest BCUT2D eigenvalue weighted by Crippen LogP contribution is 2.26. The fourth-order valence-corrected chi connectivity index (χ4v) is 5.29. The van der Waals surface area contributed by atoms with Crippen LogP contribution in [-0.4, -0.2) is 95.6 Å². The Hall–Kier alpha value is -4.78. The molecule has 1 aromatic heterocycles. The number of primary amides is 1. The molecule has 2 fully saturated rings. The predicted octanol–water partition coefficient (Wildman–Crippen LogP) is 3.46. The van der Waals surface area contributed by atoms with Gasteiger partial charge >= 0.3 is 12.0 Å². The topological polar surface area (TPSA) is 157 Å². The molecule has 2 aliphatic rings. The van der Waals surface area contributed by atoms with E-state index in [-0.39, 0.29) is 35.9 Å². The first-order valence-corrected chi connectivity index (χ1v) is 15.6. The van der Waals surface area contributed by atoms with Gasteiger partial charge in [0.2, 0.25) is 11.7 Å². The van der Waals surface area contributed by atoms with Gasteiger partial charge < -0.3 is 36.2 Å². The van der Waals surface area contributed by atoms with E-state index in [1.165, 1.54) is 11.9 Å². The third-order valence-electron chi connectivity index (χ3n) is 8.07. The summed E-state index contributed by atoms with van der Waals surface area (Å²) in [4.78, 5) is 47.9. The van der Waals surface area contributed by atoms with Crippen LogP contribution in [0.25, 0.3) is 0 Å². The number of hydrogen-bond acceptors (Lipinski definition) is 8. The van der Waals surface area contributed by atoms with Crippen molar-refractivity contribution in [3.05, 3.63) is 77.9 Å². The average molecular weight is 635 g/mol. The lowest BCUT2D eigenvalue weighted by Gasteiger charge is -2.32. The van der Waals surface area contributed by atoms with E-state index in [1.807, 2.05) is 61.6 Å². The van der Waals surface area contributed by atoms with Crippen molar-refractivity contribution < 1.29 is 23.9 Å². The monoisotopic (exact) mass is 634 g/mol. The molecule has 0 aliphatic carbocycles. The summed E-state index contributed by atoms with van der Waals surface area (Å²) in [5.74, 6) is -1.49. The standard InChI is InChI=1S/C18H22FN5O.C15H21N3O3/c19-15-17(21-9-8-13-5-2-1-3-6-13)22-12-23-18(15)24-10-4-7-14(11-24)16(20)25;1-17-8-10-18(11-9-17)15(21)16-13-5-2-12(3-6-13)4-7-14(19)20/h1-3,5-6,12,14H,4,7-11H2,(H2,20,25)(H,21,22,23);2-3,5-6H,4,7-11H2,1H3,(H,16,21)(H,19,20). The maximum atomic E-state index is 14.8. The summed E-state index contributed by atoms with van der Waals surface area (Å²) in [6.07, 6.45) is 4.26. The van der Waals surface area contributed by atoms with Gasteiger partial charge in [-0.05, 0) is 56.0 Å². The highest BCUT2D eigenvalue weighted by molar-refractivity contribution is 5.89. The van der Waals surface area contributed by atoms with Crippen LogP contribution in [0.4, 0.5) is 26.5 Å². The van der Waals surface area contributed by atoms with E-state index in [0.29, 0.717) is 26.1 Å². The van der Waals surface area contributed by atoms with Crippen LogP contribution >= 0.6 is 0 Å². The number of carboxylic acid groups (broad SMARTS) is 1. The smallest absolute Gasteiger partial charge is 0.321 e. The van der Waals surface area contributed by atoms with Gasteiger partial charge in [-0.25, -0.2) is 14.8 Å². The van der Waals surface area contributed by atoms with Crippen molar-refractivity contribution in [2.45, 2.75) is 32.1 Å². The van der Waals surface area contributed by atoms with Crippen LogP contribution in [0.1, 0.15) is 30.4 Å². The van der Waals surface area contributed by atoms with E-state index in [1.54, 1.807) is 9.80 Å². The van der Waals surface area contributed by atoms with Crippen LogP contribution in [0.3, 0.4) is 0 Å². The fraction of sp³-hybridized carbons (Fsp3) is 0.424. The first-order chi connectivity index (χ1) is 22.2. The van der Waals surface area contributed by atoms with E-state index in [0.717, 1.165) is 56.7 Å². The quantitative estimate of drug-likeness (QED) is 0.262. The van der Waals surface area contributed by atoms with Gasteiger partial charge in [-0.2, -0.15) is 4.39 Å². The Balaban J connectivity index is 0.000000212. The lowest BCUT2D eigenvalue weighted by molar-refractivity contribution is -0.137. The van der Waals surface area contributed by atoms with Crippen LogP contribution in [0.15, 0.2) is 60.9 Å². The van der Waals surface area contributed by atoms with Crippen LogP contribution in [0.2, 0.25) is 0 Å². The van der Waals surface area contributed by atoms with Crippen molar-refractivity contribution in [1.82, 2.24) is 19.8 Å². The summed E-state index contributed by atoms with van der Waals surface area (Å²) in [5, 5.41) is 14.5. The van der Waals surface area contributed by atoms with E-state index in [9.17, 15) is 18.8 Å². The molecular formula is C33H43FN8O4. The number of aliphatic carboxylic acids is 1. The van der Waals surface area contributed by atoms with Gasteiger partial charge in [0.15, 0.2) is 11.6 Å². The Morgan fingerprint density at radius 1 is 0.957 bits per heavy atom. The summed E-state index contributed by atoms with van der Waals surface area (Å²) in [6.45, 7) is 4.87. The number of nitrogens with zero attached hydrogens (tertiary/aromatic N) is 5. The molecule has 46 heavy (non-hydrogen) atoms. The third-order valence-corrected chi connectivity index (χ3v) is 8.07. The molecule has 3 aromatic rings. The van der Waals surface area contributed by atoms with Gasteiger partial charge in [0, 0.05) is 57.9 Å². The number of nitrogens with one attached hydrogen (secondary N) is 2. The van der Waals surface area contributed by atoms with Crippen LogP contribution in [0, 0.1) is 11.7 Å². The zero-order valence-electron chi connectivity index (χ0n) is 26.2. The lowest BCUT2D eigenvalue weighted by atomic mass is 9.97. The number of piperidine rings is 1. The maximum absolute atomic E-state index is 14.8. The molecule has 5 rings (SSSR count). The molecule has 5 N–H and O–H groups in total. The lowest BCUT2D eigenvalue weighted by Crippen LogP contribution is -2.48. The molecule has 13 heteroatoms. The summed E-state index contributed by atoms with van der Waals surface area (Å²) in [7, 11) is 2.05. The SMILES string of the molecule is CN1CCN(C(=O)Nc2ccc(CCC(=O)O)cc2)CC1.NC(=O)C1CCCN(c2ncnc(NCCc3ccccc3)c2F)C1. The van der Waals surface area contributed by atoms with Gasteiger partial charge in [-0.3, -0.25) is 9.59 Å².